The predicted octanol–water partition coefficient (Wildman–Crippen LogP) is 4.38. The largest absolute Gasteiger partial charge is 0.489 e. The van der Waals surface area contributed by atoms with Gasteiger partial charge in [0.2, 0.25) is 0 Å². The fourth-order valence-electron chi connectivity index (χ4n) is 3.51. The Balaban J connectivity index is 1.45. The number of fused-ring (bicyclic) bond motifs is 1. The van der Waals surface area contributed by atoms with Gasteiger partial charge < -0.3 is 10.5 Å². The standard InChI is InChI=1S/C24H19N5O2/c25-23-20(17-7-4-8-18(13-17)31-15-16-5-2-1-3-6-16)14-29(28-23)24-22-19(9-11-27-24)21(30)10-12-26-22/h1-9,11-14H,10,15H2,(H2,25,28). The van der Waals surface area contributed by atoms with Crippen LogP contribution in [0.4, 0.5) is 11.5 Å². The molecule has 4 aromatic rings. The number of hydrogen-bond donors (Lipinski definition) is 1. The Hall–Kier alpha value is -4.26. The van der Waals surface area contributed by atoms with Gasteiger partial charge >= 0.3 is 0 Å². The number of carbonyl (C=O) groups excluding carboxylic acids is 1. The van der Waals surface area contributed by atoms with Crippen LogP contribution in [0.25, 0.3) is 16.9 Å². The lowest BCUT2D eigenvalue weighted by Gasteiger charge is -2.11. The van der Waals surface area contributed by atoms with E-state index in [-0.39, 0.29) is 5.78 Å². The average Bonchev–Trinajstić information content (AvgIpc) is 3.20. The summed E-state index contributed by atoms with van der Waals surface area (Å²) >= 11 is 0. The summed E-state index contributed by atoms with van der Waals surface area (Å²) in [6.45, 7) is 0.477. The highest BCUT2D eigenvalue weighted by atomic mass is 16.5. The quantitative estimate of drug-likeness (QED) is 0.528. The average molecular weight is 409 g/mol. The van der Waals surface area contributed by atoms with Crippen LogP contribution in [0.5, 0.6) is 5.75 Å². The lowest BCUT2D eigenvalue weighted by atomic mass is 10.1. The van der Waals surface area contributed by atoms with Crippen molar-refractivity contribution in [3.05, 3.63) is 84.2 Å². The maximum absolute atomic E-state index is 12.2. The molecule has 152 valence electrons. The minimum Gasteiger partial charge on any atom is -0.489 e. The summed E-state index contributed by atoms with van der Waals surface area (Å²) in [5, 5.41) is 4.42. The lowest BCUT2D eigenvalue weighted by molar-refractivity contribution is 0.100. The molecule has 0 spiro atoms. The van der Waals surface area contributed by atoms with Crippen LogP contribution in [-0.4, -0.2) is 26.8 Å². The van der Waals surface area contributed by atoms with E-state index in [1.807, 2.05) is 54.6 Å². The van der Waals surface area contributed by atoms with Gasteiger partial charge in [-0.15, -0.1) is 5.10 Å². The van der Waals surface area contributed by atoms with Gasteiger partial charge in [0.25, 0.3) is 0 Å². The molecule has 0 saturated carbocycles. The third-order valence-electron chi connectivity index (χ3n) is 5.06. The Bertz CT molecular complexity index is 1290. The van der Waals surface area contributed by atoms with Crippen molar-refractivity contribution < 1.29 is 9.53 Å². The molecule has 7 heteroatoms. The molecule has 0 atom stereocenters. The number of hydrogen-bond acceptors (Lipinski definition) is 6. The Morgan fingerprint density at radius 3 is 2.77 bits per heavy atom. The van der Waals surface area contributed by atoms with Crippen LogP contribution in [0.1, 0.15) is 22.3 Å². The molecule has 7 nitrogen and oxygen atoms in total. The highest BCUT2D eigenvalue weighted by molar-refractivity contribution is 6.10. The Kier molecular flexibility index (Phi) is 4.76. The van der Waals surface area contributed by atoms with Crippen LogP contribution >= 0.6 is 0 Å². The summed E-state index contributed by atoms with van der Waals surface area (Å²) in [4.78, 5) is 20.9. The number of carbonyl (C=O) groups is 1. The highest BCUT2D eigenvalue weighted by Crippen LogP contribution is 2.33. The van der Waals surface area contributed by atoms with Gasteiger partial charge in [-0.05, 0) is 29.3 Å². The molecule has 0 bridgehead atoms. The molecule has 2 aromatic heterocycles. The number of aromatic nitrogens is 3. The van der Waals surface area contributed by atoms with Crippen molar-refractivity contribution in [2.75, 3.05) is 5.73 Å². The van der Waals surface area contributed by atoms with Crippen LogP contribution in [0.15, 0.2) is 78.0 Å². The maximum atomic E-state index is 12.2. The van der Waals surface area contributed by atoms with Crippen LogP contribution in [0, 0.1) is 0 Å². The molecule has 0 amide bonds. The second-order valence-corrected chi connectivity index (χ2v) is 7.14. The summed E-state index contributed by atoms with van der Waals surface area (Å²) in [7, 11) is 0. The van der Waals surface area contributed by atoms with E-state index >= 15 is 0 Å². The van der Waals surface area contributed by atoms with Gasteiger partial charge in [0.1, 0.15) is 18.0 Å². The molecule has 3 heterocycles. The van der Waals surface area contributed by atoms with Crippen LogP contribution < -0.4 is 10.5 Å². The number of ether oxygens (including phenoxy) is 1. The smallest absolute Gasteiger partial charge is 0.180 e. The van der Waals surface area contributed by atoms with Crippen LogP contribution in [0.3, 0.4) is 0 Å². The van der Waals surface area contributed by atoms with Crippen molar-refractivity contribution in [1.29, 1.82) is 0 Å². The number of benzene rings is 2. The summed E-state index contributed by atoms with van der Waals surface area (Å²) in [6.07, 6.45) is 5.27. The fraction of sp³-hybridized carbons (Fsp3) is 0.0833. The molecule has 1 aliphatic heterocycles. The van der Waals surface area contributed by atoms with Crippen LogP contribution in [0.2, 0.25) is 0 Å². The highest BCUT2D eigenvalue weighted by Gasteiger charge is 2.21. The molecular formula is C24H19N5O2. The first kappa shape index (κ1) is 18.7. The molecule has 0 aliphatic carbocycles. The molecular weight excluding hydrogens is 390 g/mol. The van der Waals surface area contributed by atoms with E-state index in [2.05, 4.69) is 15.1 Å². The molecule has 2 aromatic carbocycles. The monoisotopic (exact) mass is 409 g/mol. The SMILES string of the molecule is Nc1nn(-c2nccc3c2N=CCC3=O)cc1-c1cccc(OCc2ccccc2)c1. The van der Waals surface area contributed by atoms with Gasteiger partial charge in [-0.3, -0.25) is 9.79 Å². The summed E-state index contributed by atoms with van der Waals surface area (Å²) in [5.74, 6) is 1.57. The minimum absolute atomic E-state index is 0.0114. The van der Waals surface area contributed by atoms with E-state index in [0.717, 1.165) is 22.4 Å². The molecule has 0 radical (unpaired) electrons. The van der Waals surface area contributed by atoms with Gasteiger partial charge in [-0.25, -0.2) is 9.67 Å². The van der Waals surface area contributed by atoms with Crippen molar-refractivity contribution in [2.24, 2.45) is 4.99 Å². The Morgan fingerprint density at radius 2 is 1.90 bits per heavy atom. The fourth-order valence-corrected chi connectivity index (χ4v) is 3.51. The summed E-state index contributed by atoms with van der Waals surface area (Å²) in [6, 6.07) is 19.4. The Morgan fingerprint density at radius 1 is 1.03 bits per heavy atom. The number of aliphatic imine (C=N–C) groups is 1. The van der Waals surface area contributed by atoms with Gasteiger partial charge in [0.15, 0.2) is 17.4 Å². The number of rotatable bonds is 5. The van der Waals surface area contributed by atoms with Crippen LogP contribution in [-0.2, 0) is 6.61 Å². The molecule has 0 saturated heterocycles. The molecule has 5 rings (SSSR count). The molecule has 0 unspecified atom stereocenters. The maximum Gasteiger partial charge on any atom is 0.180 e. The first-order valence-electron chi connectivity index (χ1n) is 9.86. The number of nitrogens with two attached hydrogens (primary N) is 1. The third kappa shape index (κ3) is 3.69. The number of nitrogen functional groups attached to an aromatic ring is 1. The van der Waals surface area contributed by atoms with E-state index in [4.69, 9.17) is 10.5 Å². The zero-order valence-electron chi connectivity index (χ0n) is 16.6. The minimum atomic E-state index is 0.0114. The van der Waals surface area contributed by atoms with E-state index < -0.39 is 0 Å². The van der Waals surface area contributed by atoms with Crippen molar-refractivity contribution in [2.45, 2.75) is 13.0 Å². The van der Waals surface area contributed by atoms with Crippen molar-refractivity contribution in [3.8, 4) is 22.7 Å². The molecule has 0 fully saturated rings. The topological polar surface area (TPSA) is 95.4 Å². The first-order chi connectivity index (χ1) is 15.2. The summed E-state index contributed by atoms with van der Waals surface area (Å²) in [5.41, 5.74) is 9.98. The predicted molar refractivity (Wildman–Crippen MR) is 119 cm³/mol. The van der Waals surface area contributed by atoms with E-state index in [1.54, 1.807) is 29.4 Å². The van der Waals surface area contributed by atoms with Crippen molar-refractivity contribution >= 4 is 23.5 Å². The lowest BCUT2D eigenvalue weighted by Crippen LogP contribution is -2.09. The van der Waals surface area contributed by atoms with E-state index in [1.165, 1.54) is 0 Å². The summed E-state index contributed by atoms with van der Waals surface area (Å²) < 4.78 is 7.50. The van der Waals surface area contributed by atoms with E-state index in [9.17, 15) is 4.79 Å². The number of anilines is 1. The van der Waals surface area contributed by atoms with Gasteiger partial charge in [-0.2, -0.15) is 0 Å². The number of pyridine rings is 1. The second kappa shape index (κ2) is 7.87. The number of Topliss-reactive ketones (excluding diaryl/α,β-unsaturated/α-hetero) is 1. The van der Waals surface area contributed by atoms with Crippen molar-refractivity contribution in [3.63, 3.8) is 0 Å². The normalized spacial score (nSPS) is 12.6. The van der Waals surface area contributed by atoms with Crippen molar-refractivity contribution in [1.82, 2.24) is 14.8 Å². The second-order valence-electron chi connectivity index (χ2n) is 7.14. The van der Waals surface area contributed by atoms with Gasteiger partial charge in [0.05, 0.1) is 0 Å². The zero-order valence-corrected chi connectivity index (χ0v) is 16.6. The van der Waals surface area contributed by atoms with Gasteiger partial charge in [-0.1, -0.05) is 42.5 Å². The zero-order chi connectivity index (χ0) is 21.2. The first-order valence-corrected chi connectivity index (χ1v) is 9.86. The molecule has 1 aliphatic rings. The number of nitrogens with zero attached hydrogens (tertiary/aromatic N) is 4. The number of ketones is 1. The molecule has 31 heavy (non-hydrogen) atoms. The van der Waals surface area contributed by atoms with Gasteiger partial charge in [0, 0.05) is 36.2 Å². The Labute approximate surface area is 178 Å². The third-order valence-corrected chi connectivity index (χ3v) is 5.06. The molecule has 2 N–H and O–H groups in total. The van der Waals surface area contributed by atoms with E-state index in [0.29, 0.717) is 35.9 Å².